The van der Waals surface area contributed by atoms with E-state index in [-0.39, 0.29) is 22.6 Å². The highest BCUT2D eigenvalue weighted by molar-refractivity contribution is 7.90. The maximum Gasteiger partial charge on any atom is 0.223 e. The molecule has 0 unspecified atom stereocenters. The Morgan fingerprint density at radius 3 is 2.32 bits per heavy atom. The molecule has 1 aliphatic heterocycles. The van der Waals surface area contributed by atoms with E-state index in [0.717, 1.165) is 31.9 Å². The topological polar surface area (TPSA) is 92.8 Å². The summed E-state index contributed by atoms with van der Waals surface area (Å²) in [5.41, 5.74) is 0. The fraction of sp³-hybridized carbons (Fsp3) is 0.600. The zero-order chi connectivity index (χ0) is 20.1. The second-order valence-corrected chi connectivity index (χ2v) is 9.65. The normalized spacial score (nSPS) is 18.0. The van der Waals surface area contributed by atoms with E-state index in [1.807, 2.05) is 4.90 Å². The van der Waals surface area contributed by atoms with Crippen molar-refractivity contribution in [3.63, 3.8) is 0 Å². The van der Waals surface area contributed by atoms with Crippen LogP contribution < -0.4 is 10.1 Å². The number of rotatable bonds is 8. The fourth-order valence-electron chi connectivity index (χ4n) is 3.29. The molecule has 0 aromatic heterocycles. The number of hydrogen-bond donors (Lipinski definition) is 1. The number of nitrogens with zero attached hydrogens (tertiary/aromatic N) is 1. The lowest BCUT2D eigenvalue weighted by Gasteiger charge is -2.31. The summed E-state index contributed by atoms with van der Waals surface area (Å²) in [7, 11) is -3.21. The van der Waals surface area contributed by atoms with Gasteiger partial charge in [-0.2, -0.15) is 0 Å². The highest BCUT2D eigenvalue weighted by Gasteiger charge is 2.30. The molecule has 7 nitrogen and oxygen atoms in total. The van der Waals surface area contributed by atoms with Gasteiger partial charge in [0.2, 0.25) is 11.8 Å². The summed E-state index contributed by atoms with van der Waals surface area (Å²) in [6, 6.07) is 6.65. The number of piperidine rings is 1. The van der Waals surface area contributed by atoms with Crippen molar-refractivity contribution in [1.82, 2.24) is 10.2 Å². The van der Waals surface area contributed by atoms with Gasteiger partial charge in [0.1, 0.15) is 5.75 Å². The molecule has 1 aromatic carbocycles. The molecule has 0 spiro atoms. The van der Waals surface area contributed by atoms with Crippen molar-refractivity contribution in [2.45, 2.75) is 49.5 Å². The first-order valence-electron chi connectivity index (χ1n) is 9.84. The van der Waals surface area contributed by atoms with Crippen molar-refractivity contribution < 1.29 is 22.7 Å². The summed E-state index contributed by atoms with van der Waals surface area (Å²) in [4.78, 5) is 26.5. The van der Waals surface area contributed by atoms with E-state index < -0.39 is 9.84 Å². The van der Waals surface area contributed by atoms with Crippen molar-refractivity contribution in [2.24, 2.45) is 5.92 Å². The summed E-state index contributed by atoms with van der Waals surface area (Å²) in [6.07, 6.45) is 5.80. The number of carbonyl (C=O) groups excluding carboxylic acids is 2. The highest BCUT2D eigenvalue weighted by Crippen LogP contribution is 2.23. The molecule has 0 atom stereocenters. The second-order valence-electron chi connectivity index (χ2n) is 7.63. The molecule has 2 amide bonds. The van der Waals surface area contributed by atoms with Gasteiger partial charge in [-0.3, -0.25) is 9.59 Å². The molecule has 0 bridgehead atoms. The van der Waals surface area contributed by atoms with Crippen LogP contribution in [0.2, 0.25) is 0 Å². The third kappa shape index (κ3) is 5.95. The number of carbonyl (C=O) groups is 2. The first kappa shape index (κ1) is 20.6. The average molecular weight is 409 g/mol. The quantitative estimate of drug-likeness (QED) is 0.662. The van der Waals surface area contributed by atoms with Crippen LogP contribution in [0.4, 0.5) is 0 Å². The van der Waals surface area contributed by atoms with Crippen LogP contribution in [-0.2, 0) is 19.4 Å². The first-order chi connectivity index (χ1) is 13.3. The number of benzene rings is 1. The lowest BCUT2D eigenvalue weighted by atomic mass is 9.95. The smallest absolute Gasteiger partial charge is 0.223 e. The van der Waals surface area contributed by atoms with Gasteiger partial charge in [0.05, 0.1) is 11.5 Å². The summed E-state index contributed by atoms with van der Waals surface area (Å²) >= 11 is 0. The SMILES string of the molecule is CS(=O)(=O)c1ccc(OCCCC(=O)N2CCC(C(=O)NC3CC3)CC2)cc1. The minimum absolute atomic E-state index is 0.0305. The second kappa shape index (κ2) is 8.94. The van der Waals surface area contributed by atoms with E-state index in [2.05, 4.69) is 5.32 Å². The van der Waals surface area contributed by atoms with E-state index in [4.69, 9.17) is 4.74 Å². The number of nitrogens with one attached hydrogen (secondary N) is 1. The molecule has 1 N–H and O–H groups in total. The van der Waals surface area contributed by atoms with Crippen LogP contribution in [0.3, 0.4) is 0 Å². The van der Waals surface area contributed by atoms with Crippen LogP contribution in [0.5, 0.6) is 5.75 Å². The minimum atomic E-state index is -3.21. The Morgan fingerprint density at radius 2 is 1.75 bits per heavy atom. The Bertz CT molecular complexity index is 794. The molecular weight excluding hydrogens is 380 g/mol. The zero-order valence-corrected chi connectivity index (χ0v) is 17.0. The zero-order valence-electron chi connectivity index (χ0n) is 16.2. The third-order valence-corrected chi connectivity index (χ3v) is 6.33. The number of likely N-dealkylation sites (tertiary alicyclic amines) is 1. The summed E-state index contributed by atoms with van der Waals surface area (Å²) in [6.45, 7) is 1.66. The van der Waals surface area contributed by atoms with E-state index in [1.165, 1.54) is 12.1 Å². The van der Waals surface area contributed by atoms with E-state index in [0.29, 0.717) is 44.3 Å². The third-order valence-electron chi connectivity index (χ3n) is 5.20. The molecular formula is C20H28N2O5S. The number of amides is 2. The molecule has 28 heavy (non-hydrogen) atoms. The molecule has 154 valence electrons. The molecule has 1 aliphatic carbocycles. The molecule has 2 fully saturated rings. The van der Waals surface area contributed by atoms with Gasteiger partial charge in [-0.25, -0.2) is 8.42 Å². The van der Waals surface area contributed by atoms with Gasteiger partial charge in [-0.05, 0) is 56.4 Å². The maximum atomic E-state index is 12.3. The maximum absolute atomic E-state index is 12.3. The van der Waals surface area contributed by atoms with Crippen LogP contribution in [0.1, 0.15) is 38.5 Å². The summed E-state index contributed by atoms with van der Waals surface area (Å²) in [5, 5.41) is 3.04. The Kier molecular flexibility index (Phi) is 6.59. The Morgan fingerprint density at radius 1 is 1.11 bits per heavy atom. The van der Waals surface area contributed by atoms with Gasteiger partial charge in [-0.1, -0.05) is 0 Å². The largest absolute Gasteiger partial charge is 0.494 e. The lowest BCUT2D eigenvalue weighted by molar-refractivity contribution is -0.135. The standard InChI is InChI=1S/C20H28N2O5S/c1-28(25,26)18-8-6-17(7-9-18)27-14-2-3-19(23)22-12-10-15(11-13-22)20(24)21-16-4-5-16/h6-9,15-16H,2-5,10-14H2,1H3,(H,21,24). The molecule has 3 rings (SSSR count). The van der Waals surface area contributed by atoms with Crippen LogP contribution in [0, 0.1) is 5.92 Å². The van der Waals surface area contributed by atoms with Gasteiger partial charge in [0.15, 0.2) is 9.84 Å². The monoisotopic (exact) mass is 408 g/mol. The molecule has 8 heteroatoms. The molecule has 2 aliphatic rings. The Balaban J connectivity index is 1.33. The van der Waals surface area contributed by atoms with Crippen molar-refractivity contribution in [3.8, 4) is 5.75 Å². The van der Waals surface area contributed by atoms with E-state index in [1.54, 1.807) is 12.1 Å². The van der Waals surface area contributed by atoms with Gasteiger partial charge in [0.25, 0.3) is 0 Å². The number of ether oxygens (including phenoxy) is 1. The van der Waals surface area contributed by atoms with Crippen molar-refractivity contribution in [3.05, 3.63) is 24.3 Å². The van der Waals surface area contributed by atoms with Crippen LogP contribution in [0.15, 0.2) is 29.2 Å². The molecule has 1 saturated heterocycles. The first-order valence-corrected chi connectivity index (χ1v) is 11.7. The molecule has 1 heterocycles. The Hall–Kier alpha value is -2.09. The fourth-order valence-corrected chi connectivity index (χ4v) is 3.92. The Labute approximate surface area is 166 Å². The van der Waals surface area contributed by atoms with Crippen molar-refractivity contribution in [1.29, 1.82) is 0 Å². The average Bonchev–Trinajstić information content (AvgIpc) is 3.49. The van der Waals surface area contributed by atoms with Crippen molar-refractivity contribution in [2.75, 3.05) is 26.0 Å². The van der Waals surface area contributed by atoms with Gasteiger partial charge < -0.3 is 15.0 Å². The molecule has 1 aromatic rings. The highest BCUT2D eigenvalue weighted by atomic mass is 32.2. The van der Waals surface area contributed by atoms with Gasteiger partial charge >= 0.3 is 0 Å². The molecule has 1 saturated carbocycles. The van der Waals surface area contributed by atoms with Crippen molar-refractivity contribution >= 4 is 21.7 Å². The summed E-state index contributed by atoms with van der Waals surface area (Å²) < 4.78 is 28.4. The van der Waals surface area contributed by atoms with Gasteiger partial charge in [0, 0.05) is 37.7 Å². The van der Waals surface area contributed by atoms with Gasteiger partial charge in [-0.15, -0.1) is 0 Å². The van der Waals surface area contributed by atoms with Crippen LogP contribution in [0.25, 0.3) is 0 Å². The van der Waals surface area contributed by atoms with E-state index in [9.17, 15) is 18.0 Å². The number of hydrogen-bond acceptors (Lipinski definition) is 5. The number of sulfone groups is 1. The minimum Gasteiger partial charge on any atom is -0.494 e. The predicted molar refractivity (Wildman–Crippen MR) is 105 cm³/mol. The van der Waals surface area contributed by atoms with Crippen LogP contribution in [-0.4, -0.2) is 57.1 Å². The predicted octanol–water partition coefficient (Wildman–Crippen LogP) is 1.77. The lowest BCUT2D eigenvalue weighted by Crippen LogP contribution is -2.43. The summed E-state index contributed by atoms with van der Waals surface area (Å²) in [5.74, 6) is 0.854. The molecule has 0 radical (unpaired) electrons. The van der Waals surface area contributed by atoms with E-state index >= 15 is 0 Å². The van der Waals surface area contributed by atoms with Crippen LogP contribution >= 0.6 is 0 Å².